The Balaban J connectivity index is 1.43. The van der Waals surface area contributed by atoms with Gasteiger partial charge in [-0.15, -0.1) is 0 Å². The maximum atomic E-state index is 14.9. The van der Waals surface area contributed by atoms with Gasteiger partial charge in [0.25, 0.3) is 5.56 Å². The highest BCUT2D eigenvalue weighted by Crippen LogP contribution is 2.29. The van der Waals surface area contributed by atoms with Crippen molar-refractivity contribution in [1.82, 2.24) is 19.4 Å². The van der Waals surface area contributed by atoms with Crippen LogP contribution in [0, 0.1) is 16.7 Å². The van der Waals surface area contributed by atoms with Crippen molar-refractivity contribution in [3.63, 3.8) is 0 Å². The summed E-state index contributed by atoms with van der Waals surface area (Å²) in [5.41, 5.74) is 2.55. The molecule has 12 heteroatoms. The number of methoxy groups -OCH3 is 2. The van der Waals surface area contributed by atoms with E-state index in [1.54, 1.807) is 38.5 Å². The number of thioether (sulfide) groups is 1. The minimum absolute atomic E-state index is 0.0143. The second-order valence-corrected chi connectivity index (χ2v) is 11.8. The van der Waals surface area contributed by atoms with E-state index in [-0.39, 0.29) is 28.6 Å². The van der Waals surface area contributed by atoms with Gasteiger partial charge in [-0.2, -0.15) is 0 Å². The van der Waals surface area contributed by atoms with Gasteiger partial charge in [0.2, 0.25) is 5.91 Å². The topological polar surface area (TPSA) is 87.4 Å². The zero-order chi connectivity index (χ0) is 29.8. The van der Waals surface area contributed by atoms with E-state index in [9.17, 15) is 14.0 Å². The maximum absolute atomic E-state index is 14.9. The predicted molar refractivity (Wildman–Crippen MR) is 167 cm³/mol. The Morgan fingerprint density at radius 1 is 1.05 bits per heavy atom. The summed E-state index contributed by atoms with van der Waals surface area (Å²) in [7, 11) is 3.15. The second kappa shape index (κ2) is 12.9. The lowest BCUT2D eigenvalue weighted by molar-refractivity contribution is -0.118. The lowest BCUT2D eigenvalue weighted by atomic mass is 10.1. The molecule has 3 aromatic carbocycles. The van der Waals surface area contributed by atoms with Crippen LogP contribution >= 0.6 is 35.3 Å². The van der Waals surface area contributed by atoms with Crippen molar-refractivity contribution in [2.45, 2.75) is 18.5 Å². The fourth-order valence-electron chi connectivity index (χ4n) is 4.41. The number of ether oxygens (including phenoxy) is 2. The average Bonchev–Trinajstić information content (AvgIpc) is 3.33. The van der Waals surface area contributed by atoms with Crippen molar-refractivity contribution in [1.29, 1.82) is 0 Å². The highest BCUT2D eigenvalue weighted by atomic mass is 32.2. The second-order valence-electron chi connectivity index (χ2n) is 9.26. The maximum Gasteiger partial charge on any atom is 0.278 e. The van der Waals surface area contributed by atoms with Crippen LogP contribution in [0.15, 0.2) is 76.7 Å². The normalized spacial score (nSPS) is 11.0. The van der Waals surface area contributed by atoms with E-state index in [2.05, 4.69) is 5.32 Å². The summed E-state index contributed by atoms with van der Waals surface area (Å²) in [5, 5.41) is 3.21. The molecule has 216 valence electrons. The van der Waals surface area contributed by atoms with Crippen LogP contribution < -0.4 is 20.3 Å². The molecule has 0 aliphatic rings. The van der Waals surface area contributed by atoms with Crippen molar-refractivity contribution in [2.75, 3.05) is 26.5 Å². The van der Waals surface area contributed by atoms with E-state index < -0.39 is 5.82 Å². The van der Waals surface area contributed by atoms with Gasteiger partial charge in [-0.25, -0.2) is 9.37 Å². The average molecular weight is 623 g/mol. The summed E-state index contributed by atoms with van der Waals surface area (Å²) >= 11 is 7.77. The first-order valence-corrected chi connectivity index (χ1v) is 15.1. The van der Waals surface area contributed by atoms with Crippen molar-refractivity contribution < 1.29 is 18.7 Å². The first kappa shape index (κ1) is 29.5. The molecule has 42 heavy (non-hydrogen) atoms. The molecule has 2 aromatic heterocycles. The molecule has 0 saturated carbocycles. The number of amides is 1. The van der Waals surface area contributed by atoms with Crippen LogP contribution in [-0.2, 0) is 11.2 Å². The largest absolute Gasteiger partial charge is 0.493 e. The van der Waals surface area contributed by atoms with Crippen LogP contribution in [0.1, 0.15) is 11.1 Å². The van der Waals surface area contributed by atoms with E-state index in [1.165, 1.54) is 15.2 Å². The Hall–Kier alpha value is -4.00. The number of para-hydroxylation sites is 1. The number of nitrogens with zero attached hydrogens (tertiary/aromatic N) is 3. The number of nitrogens with one attached hydrogen (secondary N) is 1. The Morgan fingerprint density at radius 2 is 1.81 bits per heavy atom. The van der Waals surface area contributed by atoms with Gasteiger partial charge < -0.3 is 14.8 Å². The number of aryl methyl sites for hydroxylation is 1. The number of hydrogen-bond donors (Lipinski definition) is 1. The van der Waals surface area contributed by atoms with Crippen LogP contribution in [0.2, 0.25) is 0 Å². The minimum atomic E-state index is -0.478. The number of rotatable bonds is 10. The number of fused-ring (bicyclic) bond motifs is 1. The third kappa shape index (κ3) is 6.10. The van der Waals surface area contributed by atoms with Gasteiger partial charge >= 0.3 is 0 Å². The SMILES string of the molecule is COc1ccc(CCNC(=O)CSc2nc3c(sc(=S)n3-c3cc(C)ccc3F)c(=O)n2-c2ccccc2)cc1OC. The molecule has 0 aliphatic heterocycles. The van der Waals surface area contributed by atoms with Gasteiger partial charge in [0, 0.05) is 6.54 Å². The van der Waals surface area contributed by atoms with Crippen molar-refractivity contribution in [3.8, 4) is 22.9 Å². The molecule has 0 fully saturated rings. The van der Waals surface area contributed by atoms with E-state index in [1.807, 2.05) is 43.3 Å². The summed E-state index contributed by atoms with van der Waals surface area (Å²) < 4.78 is 29.1. The number of carbonyl (C=O) groups is 1. The van der Waals surface area contributed by atoms with Gasteiger partial charge in [-0.1, -0.05) is 53.4 Å². The van der Waals surface area contributed by atoms with Gasteiger partial charge in [0.05, 0.1) is 31.3 Å². The van der Waals surface area contributed by atoms with Crippen molar-refractivity contribution in [3.05, 3.63) is 98.0 Å². The Kier molecular flexibility index (Phi) is 9.05. The molecular formula is C30H27FN4O4S3. The molecule has 5 aromatic rings. The Bertz CT molecular complexity index is 1890. The molecular weight excluding hydrogens is 596 g/mol. The molecule has 0 aliphatic carbocycles. The van der Waals surface area contributed by atoms with Gasteiger partial charge in [0.15, 0.2) is 26.3 Å². The van der Waals surface area contributed by atoms with Crippen LogP contribution in [0.4, 0.5) is 4.39 Å². The Morgan fingerprint density at radius 3 is 2.55 bits per heavy atom. The van der Waals surface area contributed by atoms with Crippen molar-refractivity contribution in [2.24, 2.45) is 0 Å². The molecule has 5 rings (SSSR count). The number of aromatic nitrogens is 3. The number of halogens is 1. The minimum Gasteiger partial charge on any atom is -0.493 e. The summed E-state index contributed by atoms with van der Waals surface area (Å²) in [5.74, 6) is 0.571. The molecule has 2 heterocycles. The van der Waals surface area contributed by atoms with Gasteiger partial charge in [-0.05, 0) is 73.1 Å². The third-order valence-electron chi connectivity index (χ3n) is 6.45. The van der Waals surface area contributed by atoms with Crippen LogP contribution in [0.3, 0.4) is 0 Å². The summed E-state index contributed by atoms with van der Waals surface area (Å²) in [6, 6.07) is 19.4. The fraction of sp³-hybridized carbons (Fsp3) is 0.200. The molecule has 0 saturated heterocycles. The van der Waals surface area contributed by atoms with Gasteiger partial charge in [-0.3, -0.25) is 18.7 Å². The molecule has 8 nitrogen and oxygen atoms in total. The van der Waals surface area contributed by atoms with Gasteiger partial charge in [0.1, 0.15) is 10.5 Å². The quantitative estimate of drug-likeness (QED) is 0.118. The number of hydrogen-bond acceptors (Lipinski definition) is 8. The van der Waals surface area contributed by atoms with E-state index in [0.717, 1.165) is 34.2 Å². The first-order chi connectivity index (χ1) is 20.3. The fourth-order valence-corrected chi connectivity index (χ4v) is 6.53. The lowest BCUT2D eigenvalue weighted by Crippen LogP contribution is -2.28. The summed E-state index contributed by atoms with van der Waals surface area (Å²) in [6.45, 7) is 2.26. The highest BCUT2D eigenvalue weighted by Gasteiger charge is 2.21. The number of carbonyl (C=O) groups excluding carboxylic acids is 1. The number of thiazole rings is 1. The Labute approximate surface area is 254 Å². The zero-order valence-corrected chi connectivity index (χ0v) is 25.5. The molecule has 0 unspecified atom stereocenters. The smallest absolute Gasteiger partial charge is 0.278 e. The first-order valence-electron chi connectivity index (χ1n) is 12.9. The zero-order valence-electron chi connectivity index (χ0n) is 23.0. The van der Waals surface area contributed by atoms with Crippen molar-refractivity contribution >= 4 is 51.6 Å². The molecule has 1 amide bonds. The summed E-state index contributed by atoms with van der Waals surface area (Å²) in [4.78, 5) is 31.4. The van der Waals surface area contributed by atoms with E-state index in [4.69, 9.17) is 26.7 Å². The number of benzene rings is 3. The molecule has 0 radical (unpaired) electrons. The van der Waals surface area contributed by atoms with Crippen LogP contribution in [0.5, 0.6) is 11.5 Å². The third-order valence-corrected chi connectivity index (χ3v) is 8.74. The van der Waals surface area contributed by atoms with Crippen LogP contribution in [-0.4, -0.2) is 46.5 Å². The molecule has 1 N–H and O–H groups in total. The van der Waals surface area contributed by atoms with E-state index in [0.29, 0.717) is 44.0 Å². The molecule has 0 spiro atoms. The monoisotopic (exact) mass is 622 g/mol. The predicted octanol–water partition coefficient (Wildman–Crippen LogP) is 5.88. The van der Waals surface area contributed by atoms with E-state index >= 15 is 0 Å². The molecule has 0 bridgehead atoms. The summed E-state index contributed by atoms with van der Waals surface area (Å²) in [6.07, 6.45) is 0.592. The highest BCUT2D eigenvalue weighted by molar-refractivity contribution is 7.99. The standard InChI is InChI=1S/C30H27FN4O4S3/c1-18-9-11-21(31)22(15-18)35-27-26(42-30(35)40)28(37)34(20-7-5-4-6-8-20)29(33-27)41-17-25(36)32-14-13-19-10-12-23(38-2)24(16-19)39-3/h4-12,15-16H,13-14,17H2,1-3H3,(H,32,36). The van der Waals surface area contributed by atoms with Crippen LogP contribution in [0.25, 0.3) is 21.7 Å². The molecule has 0 atom stereocenters. The lowest BCUT2D eigenvalue weighted by Gasteiger charge is -2.13.